The van der Waals surface area contributed by atoms with E-state index in [1.807, 2.05) is 60.4 Å². The van der Waals surface area contributed by atoms with Gasteiger partial charge in [0, 0.05) is 59.3 Å². The lowest BCUT2D eigenvalue weighted by Gasteiger charge is -2.04. The minimum Gasteiger partial charge on any atom is -0.264 e. The molecule has 0 saturated heterocycles. The summed E-state index contributed by atoms with van der Waals surface area (Å²) in [6.45, 7) is 0. The van der Waals surface area contributed by atoms with E-state index in [0.717, 1.165) is 11.5 Å². The first-order chi connectivity index (χ1) is 12.4. The van der Waals surface area contributed by atoms with Gasteiger partial charge >= 0.3 is 0 Å². The Morgan fingerprint density at radius 3 is 1.52 bits per heavy atom. The fourth-order valence-electron chi connectivity index (χ4n) is 2.05. The molecule has 6 heteroatoms. The Morgan fingerprint density at radius 1 is 0.600 bits per heavy atom. The van der Waals surface area contributed by atoms with E-state index >= 15 is 0 Å². The van der Waals surface area contributed by atoms with Gasteiger partial charge in [-0.15, -0.1) is 0 Å². The molecule has 2 aromatic heterocycles. The Balaban J connectivity index is 1.30. The molecule has 0 spiro atoms. The largest absolute Gasteiger partial charge is 0.264 e. The molecule has 2 heterocycles. The lowest BCUT2D eigenvalue weighted by Crippen LogP contribution is -1.92. The molecule has 0 N–H and O–H groups in total. The standard InChI is InChI=1S/C19H26N2S4/c1-4-18(14-20-6-1)16-24-12-10-22-8-3-9-23-11-13-25-17-19-5-2-7-21-15-19/h1-2,4-7,14-15H,3,8-13,16-17H2. The summed E-state index contributed by atoms with van der Waals surface area (Å²) in [4.78, 5) is 8.30. The summed E-state index contributed by atoms with van der Waals surface area (Å²) in [5.74, 6) is 9.75. The maximum Gasteiger partial charge on any atom is 0.0308 e. The van der Waals surface area contributed by atoms with Crippen molar-refractivity contribution >= 4 is 47.0 Å². The maximum absolute atomic E-state index is 4.15. The Morgan fingerprint density at radius 2 is 1.08 bits per heavy atom. The first-order valence-corrected chi connectivity index (χ1v) is 13.2. The molecule has 136 valence electrons. The molecule has 2 aromatic rings. The molecule has 0 unspecified atom stereocenters. The molecular weight excluding hydrogens is 384 g/mol. The second-order valence-electron chi connectivity index (χ2n) is 5.41. The van der Waals surface area contributed by atoms with Crippen LogP contribution in [0.3, 0.4) is 0 Å². The third-order valence-corrected chi connectivity index (χ3v) is 8.02. The summed E-state index contributed by atoms with van der Waals surface area (Å²) >= 11 is 8.20. The van der Waals surface area contributed by atoms with Gasteiger partial charge in [0.15, 0.2) is 0 Å². The highest BCUT2D eigenvalue weighted by Gasteiger charge is 1.96. The van der Waals surface area contributed by atoms with Crippen LogP contribution in [-0.2, 0) is 11.5 Å². The number of rotatable bonds is 14. The molecule has 25 heavy (non-hydrogen) atoms. The van der Waals surface area contributed by atoms with E-state index in [-0.39, 0.29) is 0 Å². The van der Waals surface area contributed by atoms with Gasteiger partial charge < -0.3 is 0 Å². The van der Waals surface area contributed by atoms with Crippen molar-refractivity contribution in [3.8, 4) is 0 Å². The zero-order valence-corrected chi connectivity index (χ0v) is 17.8. The summed E-state index contributed by atoms with van der Waals surface area (Å²) in [6, 6.07) is 8.33. The van der Waals surface area contributed by atoms with Crippen molar-refractivity contribution in [3.05, 3.63) is 60.2 Å². The van der Waals surface area contributed by atoms with Crippen LogP contribution in [0.4, 0.5) is 0 Å². The van der Waals surface area contributed by atoms with E-state index < -0.39 is 0 Å². The van der Waals surface area contributed by atoms with E-state index in [4.69, 9.17) is 0 Å². The van der Waals surface area contributed by atoms with E-state index in [0.29, 0.717) is 0 Å². The van der Waals surface area contributed by atoms with E-state index in [2.05, 4.69) is 45.6 Å². The third kappa shape index (κ3) is 11.1. The second-order valence-corrected chi connectivity index (χ2v) is 10.1. The SMILES string of the molecule is c1cncc(CSCCSCCCSCCSCc2cccnc2)c1. The van der Waals surface area contributed by atoms with Gasteiger partial charge in [-0.2, -0.15) is 47.0 Å². The van der Waals surface area contributed by atoms with Crippen molar-refractivity contribution in [3.63, 3.8) is 0 Å². The van der Waals surface area contributed by atoms with Crippen molar-refractivity contribution in [1.29, 1.82) is 0 Å². The van der Waals surface area contributed by atoms with Gasteiger partial charge in [0.25, 0.3) is 0 Å². The molecule has 0 radical (unpaired) electrons. The van der Waals surface area contributed by atoms with E-state index in [9.17, 15) is 0 Å². The first kappa shape index (κ1) is 21.0. The highest BCUT2D eigenvalue weighted by Crippen LogP contribution is 2.16. The Kier molecular flexibility index (Phi) is 12.5. The van der Waals surface area contributed by atoms with Crippen LogP contribution in [0.25, 0.3) is 0 Å². The summed E-state index contributed by atoms with van der Waals surface area (Å²) < 4.78 is 0. The number of hydrogen-bond donors (Lipinski definition) is 0. The van der Waals surface area contributed by atoms with Crippen molar-refractivity contribution in [1.82, 2.24) is 9.97 Å². The van der Waals surface area contributed by atoms with Gasteiger partial charge in [-0.1, -0.05) is 12.1 Å². The van der Waals surface area contributed by atoms with Crippen molar-refractivity contribution in [2.24, 2.45) is 0 Å². The zero-order valence-electron chi connectivity index (χ0n) is 14.5. The van der Waals surface area contributed by atoms with Crippen LogP contribution in [-0.4, -0.2) is 44.5 Å². The first-order valence-electron chi connectivity index (χ1n) is 8.54. The Bertz CT molecular complexity index is 490. The smallest absolute Gasteiger partial charge is 0.0308 e. The highest BCUT2D eigenvalue weighted by atomic mass is 32.2. The highest BCUT2D eigenvalue weighted by molar-refractivity contribution is 8.03. The molecule has 0 aliphatic rings. The average Bonchev–Trinajstić information content (AvgIpc) is 2.67. The molecule has 0 aliphatic heterocycles. The second kappa shape index (κ2) is 14.8. The summed E-state index contributed by atoms with van der Waals surface area (Å²) in [5.41, 5.74) is 2.66. The summed E-state index contributed by atoms with van der Waals surface area (Å²) in [5, 5.41) is 0. The number of hydrogen-bond acceptors (Lipinski definition) is 6. The normalized spacial score (nSPS) is 10.9. The van der Waals surface area contributed by atoms with Crippen molar-refractivity contribution < 1.29 is 0 Å². The molecule has 0 amide bonds. The van der Waals surface area contributed by atoms with Crippen LogP contribution < -0.4 is 0 Å². The molecule has 0 fully saturated rings. The quantitative estimate of drug-likeness (QED) is 0.382. The van der Waals surface area contributed by atoms with Gasteiger partial charge in [-0.05, 0) is 41.2 Å². The molecule has 2 rings (SSSR count). The van der Waals surface area contributed by atoms with Crippen LogP contribution in [0.15, 0.2) is 49.1 Å². The van der Waals surface area contributed by atoms with E-state index in [1.54, 1.807) is 0 Å². The lowest BCUT2D eigenvalue weighted by molar-refractivity contribution is 1.12. The number of thioether (sulfide) groups is 4. The average molecular weight is 411 g/mol. The zero-order chi connectivity index (χ0) is 17.4. The number of pyridine rings is 2. The summed E-state index contributed by atoms with van der Waals surface area (Å²) in [7, 11) is 0. The molecule has 0 atom stereocenters. The molecule has 2 nitrogen and oxygen atoms in total. The summed E-state index contributed by atoms with van der Waals surface area (Å²) in [6.07, 6.45) is 8.93. The van der Waals surface area contributed by atoms with Crippen LogP contribution in [0.5, 0.6) is 0 Å². The van der Waals surface area contributed by atoms with Gasteiger partial charge in [-0.3, -0.25) is 9.97 Å². The van der Waals surface area contributed by atoms with Crippen LogP contribution >= 0.6 is 47.0 Å². The fourth-order valence-corrected chi connectivity index (χ4v) is 6.33. The molecule has 0 aliphatic carbocycles. The topological polar surface area (TPSA) is 25.8 Å². The van der Waals surface area contributed by atoms with Crippen LogP contribution in [0, 0.1) is 0 Å². The maximum atomic E-state index is 4.15. The monoisotopic (exact) mass is 410 g/mol. The minimum atomic E-state index is 1.08. The minimum absolute atomic E-state index is 1.08. The molecule has 0 aromatic carbocycles. The predicted molar refractivity (Wildman–Crippen MR) is 120 cm³/mol. The van der Waals surface area contributed by atoms with Gasteiger partial charge in [0.05, 0.1) is 0 Å². The van der Waals surface area contributed by atoms with Gasteiger partial charge in [0.2, 0.25) is 0 Å². The molecule has 0 bridgehead atoms. The van der Waals surface area contributed by atoms with Crippen molar-refractivity contribution in [2.75, 3.05) is 34.5 Å². The third-order valence-electron chi connectivity index (χ3n) is 3.30. The van der Waals surface area contributed by atoms with Gasteiger partial charge in [-0.25, -0.2) is 0 Å². The van der Waals surface area contributed by atoms with Gasteiger partial charge in [0.1, 0.15) is 0 Å². The predicted octanol–water partition coefficient (Wildman–Crippen LogP) is 5.50. The van der Waals surface area contributed by atoms with Crippen LogP contribution in [0.1, 0.15) is 17.5 Å². The van der Waals surface area contributed by atoms with E-state index in [1.165, 1.54) is 52.1 Å². The Labute approximate surface area is 169 Å². The van der Waals surface area contributed by atoms with Crippen LogP contribution in [0.2, 0.25) is 0 Å². The lowest BCUT2D eigenvalue weighted by atomic mass is 10.3. The number of nitrogens with zero attached hydrogens (tertiary/aromatic N) is 2. The fraction of sp³-hybridized carbons (Fsp3) is 0.474. The molecule has 0 saturated carbocycles. The molecular formula is C19H26N2S4. The Hall–Kier alpha value is -0.300. The van der Waals surface area contributed by atoms with Crippen molar-refractivity contribution in [2.45, 2.75) is 17.9 Å². The number of aromatic nitrogens is 2.